The van der Waals surface area contributed by atoms with Crippen LogP contribution in [0.3, 0.4) is 0 Å². The van der Waals surface area contributed by atoms with Crippen molar-refractivity contribution < 1.29 is 42.7 Å². The number of carbonyl (C=O) groups excluding carboxylic acids is 6. The van der Waals surface area contributed by atoms with Crippen LogP contribution in [0.4, 0.5) is 5.69 Å². The molecule has 2 saturated heterocycles. The Labute approximate surface area is 367 Å². The number of carbonyl (C=O) groups is 6. The second-order valence-electron chi connectivity index (χ2n) is 17.0. The molecule has 3 heterocycles. The van der Waals surface area contributed by atoms with E-state index in [-0.39, 0.29) is 55.0 Å². The van der Waals surface area contributed by atoms with Crippen molar-refractivity contribution in [3.05, 3.63) is 126 Å². The topological polar surface area (TPSA) is 153 Å². The average Bonchev–Trinajstić information content (AvgIpc) is 4.05. The van der Waals surface area contributed by atoms with Gasteiger partial charge in [-0.05, 0) is 113 Å². The molecule has 2 aliphatic rings. The van der Waals surface area contributed by atoms with Crippen molar-refractivity contribution in [1.82, 2.24) is 9.80 Å². The molecule has 63 heavy (non-hydrogen) atoms. The van der Waals surface area contributed by atoms with Gasteiger partial charge >= 0.3 is 11.9 Å². The van der Waals surface area contributed by atoms with Gasteiger partial charge in [0, 0.05) is 36.1 Å². The minimum atomic E-state index is -0.772. The number of nitrogens with zero attached hydrogens (tertiary/aromatic N) is 2. The lowest BCUT2D eigenvalue weighted by Gasteiger charge is -2.28. The molecule has 2 aliphatic heterocycles. The highest BCUT2D eigenvalue weighted by atomic mass is 16.5. The third kappa shape index (κ3) is 10.9. The number of furan rings is 1. The summed E-state index contributed by atoms with van der Waals surface area (Å²) in [5, 5.41) is 3.79. The van der Waals surface area contributed by atoms with Crippen molar-refractivity contribution in [2.75, 3.05) is 18.4 Å². The van der Waals surface area contributed by atoms with E-state index in [1.54, 1.807) is 49.6 Å². The Morgan fingerprint density at radius 1 is 0.651 bits per heavy atom. The fraction of sp³-hybridized carbons (Fsp3) is 0.373. The van der Waals surface area contributed by atoms with Gasteiger partial charge in [-0.3, -0.25) is 28.8 Å². The number of anilines is 1. The van der Waals surface area contributed by atoms with Crippen LogP contribution in [0.25, 0.3) is 22.3 Å². The summed E-state index contributed by atoms with van der Waals surface area (Å²) in [6.07, 6.45) is 1.70. The van der Waals surface area contributed by atoms with Gasteiger partial charge in [0.1, 0.15) is 17.4 Å². The standard InChI is InChI=1S/C51H55N3O9/c1-32(2)61-47(56)30-40(35-13-7-5-8-14-35)50(59)53-25-11-17-42(53)44(55)28-34-19-24-45-38(27-34)29-46(63-45)37-20-22-39(23-21-37)52-49(58)43-18-12-26-54(43)51(60)41(31-48(57)62-33(3)4)36-15-9-6-10-16-36/h5-10,13-16,19-24,27,29,32-33,40-43H,11-12,17-18,25-26,28,30-31H2,1-4H3,(H,52,58)/t40-,41-,42+,43+/m1/s1. The zero-order chi connectivity index (χ0) is 44.6. The van der Waals surface area contributed by atoms with Gasteiger partial charge in [-0.1, -0.05) is 66.7 Å². The van der Waals surface area contributed by atoms with E-state index in [9.17, 15) is 28.8 Å². The molecule has 7 rings (SSSR count). The first-order valence-corrected chi connectivity index (χ1v) is 21.9. The summed E-state index contributed by atoms with van der Waals surface area (Å²) in [4.78, 5) is 84.2. The first kappa shape index (κ1) is 44.5. The number of fused-ring (bicyclic) bond motifs is 1. The first-order valence-electron chi connectivity index (χ1n) is 21.9. The molecule has 0 spiro atoms. The van der Waals surface area contributed by atoms with E-state index in [4.69, 9.17) is 13.9 Å². The quantitative estimate of drug-likeness (QED) is 0.0965. The lowest BCUT2D eigenvalue weighted by molar-refractivity contribution is -0.151. The number of ketones is 1. The summed E-state index contributed by atoms with van der Waals surface area (Å²) in [6, 6.07) is 31.8. The summed E-state index contributed by atoms with van der Waals surface area (Å²) in [7, 11) is 0. The largest absolute Gasteiger partial charge is 0.463 e. The summed E-state index contributed by atoms with van der Waals surface area (Å²) in [6.45, 7) is 7.92. The van der Waals surface area contributed by atoms with E-state index < -0.39 is 35.9 Å². The Balaban J connectivity index is 0.987. The predicted molar refractivity (Wildman–Crippen MR) is 239 cm³/mol. The minimum absolute atomic E-state index is 0.0643. The molecule has 0 bridgehead atoms. The van der Waals surface area contributed by atoms with E-state index in [1.807, 2.05) is 97.1 Å². The smallest absolute Gasteiger partial charge is 0.307 e. The van der Waals surface area contributed by atoms with Gasteiger partial charge in [-0.25, -0.2) is 0 Å². The molecule has 5 aromatic rings. The molecule has 0 radical (unpaired) electrons. The van der Waals surface area contributed by atoms with Gasteiger partial charge in [-0.2, -0.15) is 0 Å². The van der Waals surface area contributed by atoms with Crippen molar-refractivity contribution in [3.63, 3.8) is 0 Å². The predicted octanol–water partition coefficient (Wildman–Crippen LogP) is 8.38. The molecule has 3 amide bonds. The molecule has 1 aromatic heterocycles. The molecule has 1 N–H and O–H groups in total. The monoisotopic (exact) mass is 853 g/mol. The Kier molecular flexibility index (Phi) is 14.2. The molecule has 12 heteroatoms. The van der Waals surface area contributed by atoms with Crippen molar-refractivity contribution in [2.24, 2.45) is 0 Å². The summed E-state index contributed by atoms with van der Waals surface area (Å²) in [5.74, 6) is -2.73. The van der Waals surface area contributed by atoms with Gasteiger partial charge in [-0.15, -0.1) is 0 Å². The van der Waals surface area contributed by atoms with Crippen molar-refractivity contribution in [1.29, 1.82) is 0 Å². The summed E-state index contributed by atoms with van der Waals surface area (Å²) < 4.78 is 17.0. The van der Waals surface area contributed by atoms with Crippen LogP contribution in [0.2, 0.25) is 0 Å². The lowest BCUT2D eigenvalue weighted by atomic mass is 9.93. The second-order valence-corrected chi connectivity index (χ2v) is 17.0. The number of nitrogens with one attached hydrogen (secondary N) is 1. The van der Waals surface area contributed by atoms with E-state index in [2.05, 4.69) is 5.32 Å². The van der Waals surface area contributed by atoms with Crippen molar-refractivity contribution in [2.45, 2.75) is 109 Å². The molecule has 4 aromatic carbocycles. The van der Waals surface area contributed by atoms with Crippen LogP contribution in [-0.2, 0) is 44.7 Å². The van der Waals surface area contributed by atoms with Gasteiger partial charge in [0.25, 0.3) is 0 Å². The SMILES string of the molecule is CC(C)OC(=O)C[C@@H](C(=O)N1CCC[C@H]1C(=O)Cc1ccc2oc(-c3ccc(NC(=O)[C@@H]4CCCN4C(=O)[C@H](CC(=O)OC(C)C)c4ccccc4)cc3)cc2c1)c1ccccc1. The fourth-order valence-corrected chi connectivity index (χ4v) is 8.70. The van der Waals surface area contributed by atoms with Crippen molar-refractivity contribution >= 4 is 52.1 Å². The first-order chi connectivity index (χ1) is 30.3. The molecule has 2 fully saturated rings. The zero-order valence-electron chi connectivity index (χ0n) is 36.3. The highest BCUT2D eigenvalue weighted by Crippen LogP contribution is 2.33. The highest BCUT2D eigenvalue weighted by molar-refractivity contribution is 5.99. The number of Topliss-reactive ketones (excluding diaryl/α,β-unsaturated/α-hetero) is 1. The van der Waals surface area contributed by atoms with E-state index in [1.165, 1.54) is 0 Å². The van der Waals surface area contributed by atoms with Crippen LogP contribution < -0.4 is 5.32 Å². The number of rotatable bonds is 16. The molecular formula is C51H55N3O9. The van der Waals surface area contributed by atoms with Crippen LogP contribution in [0.5, 0.6) is 0 Å². The maximum absolute atomic E-state index is 14.0. The van der Waals surface area contributed by atoms with Crippen LogP contribution >= 0.6 is 0 Å². The maximum Gasteiger partial charge on any atom is 0.307 e. The third-order valence-corrected chi connectivity index (χ3v) is 11.6. The minimum Gasteiger partial charge on any atom is -0.463 e. The summed E-state index contributed by atoms with van der Waals surface area (Å²) in [5.41, 5.74) is 4.19. The number of hydrogen-bond acceptors (Lipinski definition) is 9. The van der Waals surface area contributed by atoms with E-state index in [0.29, 0.717) is 66.9 Å². The van der Waals surface area contributed by atoms with Gasteiger partial charge in [0.05, 0.1) is 42.9 Å². The number of esters is 2. The van der Waals surface area contributed by atoms with Crippen LogP contribution in [0, 0.1) is 0 Å². The van der Waals surface area contributed by atoms with Crippen molar-refractivity contribution in [3.8, 4) is 11.3 Å². The van der Waals surface area contributed by atoms with Gasteiger partial charge in [0.2, 0.25) is 17.7 Å². The Morgan fingerprint density at radius 3 is 1.71 bits per heavy atom. The fourth-order valence-electron chi connectivity index (χ4n) is 8.70. The molecule has 0 aliphatic carbocycles. The Morgan fingerprint density at radius 2 is 1.17 bits per heavy atom. The number of hydrogen-bond donors (Lipinski definition) is 1. The Hall–Kier alpha value is -6.56. The normalized spacial score (nSPS) is 17.2. The zero-order valence-corrected chi connectivity index (χ0v) is 36.3. The van der Waals surface area contributed by atoms with Crippen LogP contribution in [0.15, 0.2) is 114 Å². The maximum atomic E-state index is 14.0. The number of amides is 3. The van der Waals surface area contributed by atoms with E-state index >= 15 is 0 Å². The third-order valence-electron chi connectivity index (χ3n) is 11.6. The molecule has 4 atom stereocenters. The van der Waals surface area contributed by atoms with Gasteiger partial charge in [0.15, 0.2) is 5.78 Å². The number of ether oxygens (including phenoxy) is 2. The molecule has 0 saturated carbocycles. The number of benzene rings is 4. The average molecular weight is 854 g/mol. The van der Waals surface area contributed by atoms with Gasteiger partial charge < -0.3 is 29.0 Å². The lowest BCUT2D eigenvalue weighted by Crippen LogP contribution is -2.45. The molecule has 0 unspecified atom stereocenters. The Bertz CT molecular complexity index is 2430. The second kappa shape index (κ2) is 20.1. The highest BCUT2D eigenvalue weighted by Gasteiger charge is 2.40. The molecule has 328 valence electrons. The summed E-state index contributed by atoms with van der Waals surface area (Å²) >= 11 is 0. The molecule has 12 nitrogen and oxygen atoms in total. The molecular weight excluding hydrogens is 799 g/mol. The van der Waals surface area contributed by atoms with Crippen LogP contribution in [-0.4, -0.2) is 82.6 Å². The van der Waals surface area contributed by atoms with Crippen LogP contribution in [0.1, 0.15) is 94.7 Å². The number of likely N-dealkylation sites (tertiary alicyclic amines) is 2. The van der Waals surface area contributed by atoms with E-state index in [0.717, 1.165) is 16.5 Å².